The van der Waals surface area contributed by atoms with Gasteiger partial charge in [0, 0.05) is 5.56 Å². The van der Waals surface area contributed by atoms with Gasteiger partial charge in [0.25, 0.3) is 0 Å². The van der Waals surface area contributed by atoms with Crippen LogP contribution in [-0.4, -0.2) is 13.4 Å². The number of rotatable bonds is 2. The van der Waals surface area contributed by atoms with Crippen LogP contribution < -0.4 is 4.74 Å². The van der Waals surface area contributed by atoms with Crippen molar-refractivity contribution in [2.24, 2.45) is 0 Å². The van der Waals surface area contributed by atoms with Crippen molar-refractivity contribution in [2.75, 3.05) is 7.11 Å². The van der Waals surface area contributed by atoms with Gasteiger partial charge in [0.1, 0.15) is 12.0 Å². The molecular formula is C12H18O2. The van der Waals surface area contributed by atoms with Gasteiger partial charge in [-0.25, -0.2) is 0 Å². The van der Waals surface area contributed by atoms with E-state index in [4.69, 9.17) is 4.74 Å². The van der Waals surface area contributed by atoms with Gasteiger partial charge < -0.3 is 4.74 Å². The average molecular weight is 194 g/mol. The third-order valence-corrected chi connectivity index (χ3v) is 2.00. The first-order chi connectivity index (χ1) is 6.69. The molecule has 0 saturated heterocycles. The van der Waals surface area contributed by atoms with Gasteiger partial charge in [-0.15, -0.1) is 0 Å². The Balaban J connectivity index is 0.000000791. The molecule has 2 heteroatoms. The van der Waals surface area contributed by atoms with Gasteiger partial charge in [0.05, 0.1) is 7.11 Å². The van der Waals surface area contributed by atoms with Gasteiger partial charge in [0.15, 0.2) is 0 Å². The van der Waals surface area contributed by atoms with Crippen LogP contribution in [-0.2, 0) is 0 Å². The molecule has 0 fully saturated rings. The third kappa shape index (κ3) is 2.87. The summed E-state index contributed by atoms with van der Waals surface area (Å²) in [6.07, 6.45) is 0.828. The van der Waals surface area contributed by atoms with Crippen LogP contribution in [0.2, 0.25) is 0 Å². The SMILES string of the molecule is CC.COc1cc(C=O)cc(C)c1C. The average Bonchev–Trinajstić information content (AvgIpc) is 2.24. The molecule has 0 N–H and O–H groups in total. The molecule has 78 valence electrons. The standard InChI is InChI=1S/C10H12O2.C2H6/c1-7-4-9(6-11)5-10(12-3)8(7)2;1-2/h4-6H,1-3H3;1-2H3. The van der Waals surface area contributed by atoms with Crippen LogP contribution >= 0.6 is 0 Å². The number of carbonyl (C=O) groups is 1. The van der Waals surface area contributed by atoms with Crippen LogP contribution in [0.15, 0.2) is 12.1 Å². The lowest BCUT2D eigenvalue weighted by atomic mass is 10.1. The van der Waals surface area contributed by atoms with Gasteiger partial charge in [-0.2, -0.15) is 0 Å². The van der Waals surface area contributed by atoms with E-state index >= 15 is 0 Å². The van der Waals surface area contributed by atoms with Crippen molar-refractivity contribution < 1.29 is 9.53 Å². The molecule has 2 nitrogen and oxygen atoms in total. The normalized spacial score (nSPS) is 8.64. The number of methoxy groups -OCH3 is 1. The van der Waals surface area contributed by atoms with Crippen molar-refractivity contribution in [3.8, 4) is 5.75 Å². The highest BCUT2D eigenvalue weighted by Crippen LogP contribution is 2.22. The Hall–Kier alpha value is -1.31. The van der Waals surface area contributed by atoms with E-state index in [1.54, 1.807) is 13.2 Å². The van der Waals surface area contributed by atoms with Gasteiger partial charge in [-0.05, 0) is 37.1 Å². The number of aryl methyl sites for hydroxylation is 1. The van der Waals surface area contributed by atoms with Crippen LogP contribution in [0.1, 0.15) is 35.3 Å². The monoisotopic (exact) mass is 194 g/mol. The van der Waals surface area contributed by atoms with Gasteiger partial charge in [-0.1, -0.05) is 13.8 Å². The molecule has 0 aliphatic heterocycles. The van der Waals surface area contributed by atoms with E-state index in [9.17, 15) is 4.79 Å². The Morgan fingerprint density at radius 3 is 2.21 bits per heavy atom. The molecule has 1 aromatic carbocycles. The van der Waals surface area contributed by atoms with E-state index < -0.39 is 0 Å². The number of hydrogen-bond acceptors (Lipinski definition) is 2. The number of benzene rings is 1. The van der Waals surface area contributed by atoms with Crippen molar-refractivity contribution in [1.82, 2.24) is 0 Å². The fourth-order valence-electron chi connectivity index (χ4n) is 1.13. The number of hydrogen-bond donors (Lipinski definition) is 0. The van der Waals surface area contributed by atoms with Crippen LogP contribution in [0.5, 0.6) is 5.75 Å². The first-order valence-corrected chi connectivity index (χ1v) is 4.79. The number of carbonyl (C=O) groups excluding carboxylic acids is 1. The molecule has 0 amide bonds. The molecule has 0 radical (unpaired) electrons. The second kappa shape index (κ2) is 6.19. The zero-order valence-corrected chi connectivity index (χ0v) is 9.55. The van der Waals surface area contributed by atoms with Gasteiger partial charge in [0.2, 0.25) is 0 Å². The summed E-state index contributed by atoms with van der Waals surface area (Å²) in [4.78, 5) is 10.5. The van der Waals surface area contributed by atoms with Crippen molar-refractivity contribution in [3.63, 3.8) is 0 Å². The van der Waals surface area contributed by atoms with Crippen LogP contribution in [0.25, 0.3) is 0 Å². The van der Waals surface area contributed by atoms with E-state index in [0.29, 0.717) is 5.56 Å². The molecule has 0 spiro atoms. The summed E-state index contributed by atoms with van der Waals surface area (Å²) in [5.74, 6) is 0.775. The van der Waals surface area contributed by atoms with Gasteiger partial charge in [-0.3, -0.25) is 4.79 Å². The topological polar surface area (TPSA) is 26.3 Å². The lowest BCUT2D eigenvalue weighted by molar-refractivity contribution is 0.112. The number of aldehydes is 1. The van der Waals surface area contributed by atoms with Crippen LogP contribution in [0.3, 0.4) is 0 Å². The maximum Gasteiger partial charge on any atom is 0.150 e. The van der Waals surface area contributed by atoms with Crippen molar-refractivity contribution in [1.29, 1.82) is 0 Å². The first-order valence-electron chi connectivity index (χ1n) is 4.79. The molecule has 0 aromatic heterocycles. The van der Waals surface area contributed by atoms with E-state index in [1.165, 1.54) is 0 Å². The molecular weight excluding hydrogens is 176 g/mol. The van der Waals surface area contributed by atoms with Crippen molar-refractivity contribution in [2.45, 2.75) is 27.7 Å². The fraction of sp³-hybridized carbons (Fsp3) is 0.417. The Kier molecular flexibility index (Phi) is 5.61. The molecule has 0 unspecified atom stereocenters. The Bertz CT molecular complexity index is 303. The van der Waals surface area contributed by atoms with E-state index in [-0.39, 0.29) is 0 Å². The summed E-state index contributed by atoms with van der Waals surface area (Å²) in [5, 5.41) is 0. The van der Waals surface area contributed by atoms with E-state index in [1.807, 2.05) is 33.8 Å². The zero-order chi connectivity index (χ0) is 11.1. The fourth-order valence-corrected chi connectivity index (χ4v) is 1.13. The van der Waals surface area contributed by atoms with E-state index in [2.05, 4.69) is 0 Å². The molecule has 0 bridgehead atoms. The molecule has 1 aromatic rings. The molecule has 0 heterocycles. The molecule has 0 saturated carbocycles. The van der Waals surface area contributed by atoms with Crippen molar-refractivity contribution >= 4 is 6.29 Å². The Labute approximate surface area is 85.9 Å². The predicted molar refractivity (Wildman–Crippen MR) is 59.2 cm³/mol. The largest absolute Gasteiger partial charge is 0.496 e. The lowest BCUT2D eigenvalue weighted by Gasteiger charge is -2.07. The highest BCUT2D eigenvalue weighted by atomic mass is 16.5. The van der Waals surface area contributed by atoms with Crippen LogP contribution in [0.4, 0.5) is 0 Å². The third-order valence-electron chi connectivity index (χ3n) is 2.00. The zero-order valence-electron chi connectivity index (χ0n) is 9.55. The minimum absolute atomic E-state index is 0.662. The highest BCUT2D eigenvalue weighted by Gasteiger charge is 2.03. The van der Waals surface area contributed by atoms with Gasteiger partial charge >= 0.3 is 0 Å². The molecule has 14 heavy (non-hydrogen) atoms. The van der Waals surface area contributed by atoms with Crippen LogP contribution in [0, 0.1) is 13.8 Å². The second-order valence-electron chi connectivity index (χ2n) is 2.78. The maximum atomic E-state index is 10.5. The summed E-state index contributed by atoms with van der Waals surface area (Å²) in [6.45, 7) is 7.94. The lowest BCUT2D eigenvalue weighted by Crippen LogP contribution is -1.92. The predicted octanol–water partition coefficient (Wildman–Crippen LogP) is 3.15. The minimum Gasteiger partial charge on any atom is -0.496 e. The summed E-state index contributed by atoms with van der Waals surface area (Å²) < 4.78 is 5.11. The maximum absolute atomic E-state index is 10.5. The Morgan fingerprint density at radius 1 is 1.21 bits per heavy atom. The Morgan fingerprint density at radius 2 is 1.79 bits per heavy atom. The molecule has 0 aliphatic carbocycles. The molecule has 1 rings (SSSR count). The smallest absolute Gasteiger partial charge is 0.150 e. The summed E-state index contributed by atoms with van der Waals surface area (Å²) in [5.41, 5.74) is 2.83. The summed E-state index contributed by atoms with van der Waals surface area (Å²) >= 11 is 0. The summed E-state index contributed by atoms with van der Waals surface area (Å²) in [7, 11) is 1.61. The second-order valence-corrected chi connectivity index (χ2v) is 2.78. The summed E-state index contributed by atoms with van der Waals surface area (Å²) in [6, 6.07) is 3.60. The minimum atomic E-state index is 0.662. The highest BCUT2D eigenvalue weighted by molar-refractivity contribution is 5.76. The molecule has 0 atom stereocenters. The quantitative estimate of drug-likeness (QED) is 0.676. The first kappa shape index (κ1) is 12.7. The van der Waals surface area contributed by atoms with Crippen molar-refractivity contribution in [3.05, 3.63) is 28.8 Å². The molecule has 0 aliphatic rings. The van der Waals surface area contributed by atoms with E-state index in [0.717, 1.165) is 23.2 Å². The number of ether oxygens (including phenoxy) is 1.